The maximum Gasteiger partial charge on any atom is 0.255 e. The Balaban J connectivity index is 2.15. The Kier molecular flexibility index (Phi) is 4.49. The van der Waals surface area contributed by atoms with Crippen molar-refractivity contribution in [2.75, 3.05) is 0 Å². The normalized spacial score (nSPS) is 12.0. The molecular formula is C15H16BrN3O. The van der Waals surface area contributed by atoms with E-state index in [9.17, 15) is 4.79 Å². The Morgan fingerprint density at radius 2 is 2.10 bits per heavy atom. The smallest absolute Gasteiger partial charge is 0.255 e. The minimum absolute atomic E-state index is 0.0827. The summed E-state index contributed by atoms with van der Waals surface area (Å²) >= 11 is 3.43. The highest BCUT2D eigenvalue weighted by atomic mass is 79.9. The van der Waals surface area contributed by atoms with Crippen LogP contribution in [-0.2, 0) is 0 Å². The van der Waals surface area contributed by atoms with E-state index in [0.717, 1.165) is 10.0 Å². The van der Waals surface area contributed by atoms with Crippen LogP contribution in [0.4, 0.5) is 0 Å². The molecule has 1 heterocycles. The molecule has 1 atom stereocenters. The summed E-state index contributed by atoms with van der Waals surface area (Å²) in [5.74, 6) is 0.508. The summed E-state index contributed by atoms with van der Waals surface area (Å²) in [6.45, 7) is 5.57. The van der Waals surface area contributed by atoms with Crippen LogP contribution in [0.25, 0.3) is 0 Å². The van der Waals surface area contributed by atoms with Crippen molar-refractivity contribution in [2.45, 2.75) is 26.8 Å². The number of aromatic nitrogens is 2. The Hall–Kier alpha value is -1.75. The van der Waals surface area contributed by atoms with Crippen molar-refractivity contribution in [3.8, 4) is 0 Å². The lowest BCUT2D eigenvalue weighted by Crippen LogP contribution is -2.27. The Morgan fingerprint density at radius 1 is 1.35 bits per heavy atom. The molecule has 5 heteroatoms. The molecule has 0 saturated carbocycles. The molecule has 0 radical (unpaired) electrons. The number of hydrogen-bond donors (Lipinski definition) is 1. The second-order valence-corrected chi connectivity index (χ2v) is 5.58. The lowest BCUT2D eigenvalue weighted by Gasteiger charge is -2.15. The quantitative estimate of drug-likeness (QED) is 0.937. The predicted molar refractivity (Wildman–Crippen MR) is 81.5 cm³/mol. The predicted octanol–water partition coefficient (Wildman–Crippen LogP) is 3.35. The first-order chi connectivity index (χ1) is 9.47. The molecule has 0 aliphatic carbocycles. The molecule has 1 N–H and O–H groups in total. The molecule has 1 amide bonds. The van der Waals surface area contributed by atoms with E-state index in [4.69, 9.17) is 0 Å². The van der Waals surface area contributed by atoms with E-state index in [1.807, 2.05) is 38.1 Å². The number of carbonyl (C=O) groups is 1. The van der Waals surface area contributed by atoms with Crippen molar-refractivity contribution in [1.29, 1.82) is 0 Å². The first kappa shape index (κ1) is 14.7. The van der Waals surface area contributed by atoms with Gasteiger partial charge in [0.25, 0.3) is 5.91 Å². The van der Waals surface area contributed by atoms with Gasteiger partial charge in [-0.05, 0) is 38.5 Å². The highest BCUT2D eigenvalue weighted by Gasteiger charge is 2.14. The number of benzene rings is 1. The Bertz CT molecular complexity index is 643. The maximum absolute atomic E-state index is 12.2. The Morgan fingerprint density at radius 3 is 2.75 bits per heavy atom. The fourth-order valence-electron chi connectivity index (χ4n) is 1.94. The SMILES string of the molecule is Cc1ncc(C(=O)N[C@@H](C)c2cccc(Br)c2)c(C)n1. The van der Waals surface area contributed by atoms with Gasteiger partial charge in [0.2, 0.25) is 0 Å². The lowest BCUT2D eigenvalue weighted by atomic mass is 10.1. The fourth-order valence-corrected chi connectivity index (χ4v) is 2.36. The third kappa shape index (κ3) is 3.42. The van der Waals surface area contributed by atoms with Gasteiger partial charge >= 0.3 is 0 Å². The van der Waals surface area contributed by atoms with Gasteiger partial charge in [-0.2, -0.15) is 0 Å². The molecule has 2 rings (SSSR count). The highest BCUT2D eigenvalue weighted by molar-refractivity contribution is 9.10. The van der Waals surface area contributed by atoms with Crippen molar-refractivity contribution in [3.63, 3.8) is 0 Å². The van der Waals surface area contributed by atoms with Crippen LogP contribution in [0.2, 0.25) is 0 Å². The van der Waals surface area contributed by atoms with E-state index in [2.05, 4.69) is 31.2 Å². The Labute approximate surface area is 126 Å². The van der Waals surface area contributed by atoms with E-state index in [1.165, 1.54) is 0 Å². The summed E-state index contributed by atoms with van der Waals surface area (Å²) < 4.78 is 0.992. The molecule has 104 valence electrons. The molecule has 0 saturated heterocycles. The van der Waals surface area contributed by atoms with Crippen LogP contribution in [0.3, 0.4) is 0 Å². The third-order valence-electron chi connectivity index (χ3n) is 3.04. The molecule has 0 fully saturated rings. The summed E-state index contributed by atoms with van der Waals surface area (Å²) in [6.07, 6.45) is 1.57. The van der Waals surface area contributed by atoms with Gasteiger partial charge in [0.15, 0.2) is 0 Å². The van der Waals surface area contributed by atoms with Crippen LogP contribution < -0.4 is 5.32 Å². The second kappa shape index (κ2) is 6.13. The van der Waals surface area contributed by atoms with Crippen molar-refractivity contribution >= 4 is 21.8 Å². The molecular weight excluding hydrogens is 318 g/mol. The zero-order valence-electron chi connectivity index (χ0n) is 11.6. The van der Waals surface area contributed by atoms with Gasteiger partial charge in [0.05, 0.1) is 17.3 Å². The standard InChI is InChI=1S/C15H16BrN3O/c1-9(12-5-4-6-13(16)7-12)19-15(20)14-8-17-11(3)18-10(14)2/h4-9H,1-3H3,(H,19,20)/t9-/m0/s1. The summed E-state index contributed by atoms with van der Waals surface area (Å²) in [5.41, 5.74) is 2.24. The number of amides is 1. The van der Waals surface area contributed by atoms with Crippen LogP contribution >= 0.6 is 15.9 Å². The molecule has 1 aromatic heterocycles. The molecule has 0 unspecified atom stereocenters. The van der Waals surface area contributed by atoms with Gasteiger partial charge in [-0.15, -0.1) is 0 Å². The van der Waals surface area contributed by atoms with Crippen molar-refractivity contribution < 1.29 is 4.79 Å². The van der Waals surface area contributed by atoms with Crippen LogP contribution in [0, 0.1) is 13.8 Å². The molecule has 4 nitrogen and oxygen atoms in total. The van der Waals surface area contributed by atoms with Crippen LogP contribution in [0.1, 0.15) is 40.4 Å². The van der Waals surface area contributed by atoms with E-state index in [1.54, 1.807) is 13.1 Å². The zero-order valence-corrected chi connectivity index (χ0v) is 13.2. The van der Waals surface area contributed by atoms with Gasteiger partial charge in [-0.25, -0.2) is 9.97 Å². The monoisotopic (exact) mass is 333 g/mol. The lowest BCUT2D eigenvalue weighted by molar-refractivity contribution is 0.0938. The largest absolute Gasteiger partial charge is 0.345 e. The zero-order chi connectivity index (χ0) is 14.7. The number of nitrogens with one attached hydrogen (secondary N) is 1. The average molecular weight is 334 g/mol. The summed E-state index contributed by atoms with van der Waals surface area (Å²) in [6, 6.07) is 7.79. The molecule has 0 spiro atoms. The number of aryl methyl sites for hydroxylation is 2. The molecule has 0 bridgehead atoms. The molecule has 20 heavy (non-hydrogen) atoms. The van der Waals surface area contributed by atoms with Gasteiger partial charge in [0, 0.05) is 10.7 Å². The van der Waals surface area contributed by atoms with Crippen LogP contribution in [0.5, 0.6) is 0 Å². The minimum Gasteiger partial charge on any atom is -0.345 e. The van der Waals surface area contributed by atoms with Gasteiger partial charge in [-0.3, -0.25) is 4.79 Å². The van der Waals surface area contributed by atoms with Crippen molar-refractivity contribution in [2.24, 2.45) is 0 Å². The number of hydrogen-bond acceptors (Lipinski definition) is 3. The summed E-state index contributed by atoms with van der Waals surface area (Å²) in [5, 5.41) is 2.96. The summed E-state index contributed by atoms with van der Waals surface area (Å²) in [4.78, 5) is 20.5. The van der Waals surface area contributed by atoms with E-state index < -0.39 is 0 Å². The summed E-state index contributed by atoms with van der Waals surface area (Å²) in [7, 11) is 0. The fraction of sp³-hybridized carbons (Fsp3) is 0.267. The second-order valence-electron chi connectivity index (χ2n) is 4.67. The molecule has 2 aromatic rings. The van der Waals surface area contributed by atoms with E-state index in [-0.39, 0.29) is 11.9 Å². The number of halogens is 1. The molecule has 0 aliphatic rings. The van der Waals surface area contributed by atoms with Crippen molar-refractivity contribution in [1.82, 2.24) is 15.3 Å². The first-order valence-electron chi connectivity index (χ1n) is 6.34. The number of carbonyl (C=O) groups excluding carboxylic acids is 1. The minimum atomic E-state index is -0.157. The average Bonchev–Trinajstić information content (AvgIpc) is 2.38. The third-order valence-corrected chi connectivity index (χ3v) is 3.53. The van der Waals surface area contributed by atoms with Crippen LogP contribution in [0.15, 0.2) is 34.9 Å². The van der Waals surface area contributed by atoms with Gasteiger partial charge < -0.3 is 5.32 Å². The molecule has 0 aliphatic heterocycles. The van der Waals surface area contributed by atoms with Gasteiger partial charge in [0.1, 0.15) is 5.82 Å². The first-order valence-corrected chi connectivity index (χ1v) is 7.13. The molecule has 1 aromatic carbocycles. The topological polar surface area (TPSA) is 54.9 Å². The maximum atomic E-state index is 12.2. The van der Waals surface area contributed by atoms with Gasteiger partial charge in [-0.1, -0.05) is 28.1 Å². The van der Waals surface area contributed by atoms with E-state index >= 15 is 0 Å². The number of rotatable bonds is 3. The van der Waals surface area contributed by atoms with Crippen LogP contribution in [-0.4, -0.2) is 15.9 Å². The van der Waals surface area contributed by atoms with Crippen molar-refractivity contribution in [3.05, 3.63) is 57.6 Å². The number of nitrogens with zero attached hydrogens (tertiary/aromatic N) is 2. The van der Waals surface area contributed by atoms with E-state index in [0.29, 0.717) is 17.1 Å². The highest BCUT2D eigenvalue weighted by Crippen LogP contribution is 2.18.